The third-order valence-corrected chi connectivity index (χ3v) is 11.9. The Labute approximate surface area is 316 Å². The molecule has 254 valence electrons. The number of hydrogen-bond acceptors (Lipinski definition) is 5. The number of benzene rings is 7. The lowest BCUT2D eigenvalue weighted by atomic mass is 9.84. The lowest BCUT2D eigenvalue weighted by Gasteiger charge is -2.19. The maximum Gasteiger partial charge on any atom is 0.164 e. The Kier molecular flexibility index (Phi) is 7.20. The molecular formula is C49H31N3OS. The van der Waals surface area contributed by atoms with Gasteiger partial charge < -0.3 is 4.42 Å². The molecule has 0 radical (unpaired) electrons. The fourth-order valence-corrected chi connectivity index (χ4v) is 9.45. The Morgan fingerprint density at radius 3 is 1.70 bits per heavy atom. The molecule has 3 heterocycles. The van der Waals surface area contributed by atoms with E-state index in [4.69, 9.17) is 19.4 Å². The van der Waals surface area contributed by atoms with Crippen molar-refractivity contribution in [3.8, 4) is 56.4 Å². The van der Waals surface area contributed by atoms with E-state index in [1.54, 1.807) is 0 Å². The monoisotopic (exact) mass is 709 g/mol. The quantitative estimate of drug-likeness (QED) is 0.178. The van der Waals surface area contributed by atoms with E-state index in [0.29, 0.717) is 28.6 Å². The predicted octanol–water partition coefficient (Wildman–Crippen LogP) is 10.9. The maximum absolute atomic E-state index is 6.54. The molecule has 11 rings (SSSR count). The molecule has 4 nitrogen and oxygen atoms in total. The highest BCUT2D eigenvalue weighted by molar-refractivity contribution is 8.00. The molecule has 2 atom stereocenters. The Morgan fingerprint density at radius 1 is 0.426 bits per heavy atom. The van der Waals surface area contributed by atoms with Crippen molar-refractivity contribution in [2.75, 3.05) is 0 Å². The zero-order valence-corrected chi connectivity index (χ0v) is 29.9. The molecule has 9 aromatic rings. The first-order chi connectivity index (χ1) is 26.7. The van der Waals surface area contributed by atoms with Crippen LogP contribution in [0.3, 0.4) is 0 Å². The number of furan rings is 1. The van der Waals surface area contributed by atoms with E-state index >= 15 is 0 Å². The van der Waals surface area contributed by atoms with E-state index in [1.807, 2.05) is 84.6 Å². The van der Waals surface area contributed by atoms with Gasteiger partial charge in [-0.25, -0.2) is 15.0 Å². The normalized spacial score (nSPS) is 15.6. The molecule has 0 bridgehead atoms. The van der Waals surface area contributed by atoms with Crippen molar-refractivity contribution in [3.63, 3.8) is 0 Å². The van der Waals surface area contributed by atoms with Crippen molar-refractivity contribution in [2.24, 2.45) is 0 Å². The number of aromatic nitrogens is 3. The smallest absolute Gasteiger partial charge is 0.164 e. The summed E-state index contributed by atoms with van der Waals surface area (Å²) in [5.41, 5.74) is 10.8. The van der Waals surface area contributed by atoms with Crippen molar-refractivity contribution in [3.05, 3.63) is 180 Å². The van der Waals surface area contributed by atoms with E-state index in [-0.39, 0.29) is 0 Å². The van der Waals surface area contributed by atoms with E-state index in [0.717, 1.165) is 44.2 Å². The Morgan fingerprint density at radius 2 is 1.02 bits per heavy atom. The largest absolute Gasteiger partial charge is 0.456 e. The SMILES string of the molecule is C1=c2ccccc2=CC2c3c(cc(-c4ccc5c(c4)oc4ccc(-c6nc(-c7ccccc7)nc(-c7ccccc7)n6)cc45)cc3-c3ccccc3)SC12. The Hall–Kier alpha value is -6.56. The van der Waals surface area contributed by atoms with Gasteiger partial charge in [0.25, 0.3) is 0 Å². The summed E-state index contributed by atoms with van der Waals surface area (Å²) in [5.74, 6) is 2.23. The third-order valence-electron chi connectivity index (χ3n) is 10.6. The second-order valence-electron chi connectivity index (χ2n) is 13.9. The molecule has 0 saturated carbocycles. The molecule has 0 amide bonds. The van der Waals surface area contributed by atoms with Crippen molar-refractivity contribution in [2.45, 2.75) is 16.1 Å². The van der Waals surface area contributed by atoms with Crippen molar-refractivity contribution in [1.29, 1.82) is 0 Å². The first-order valence-electron chi connectivity index (χ1n) is 18.2. The summed E-state index contributed by atoms with van der Waals surface area (Å²) in [6.07, 6.45) is 4.93. The average Bonchev–Trinajstić information content (AvgIpc) is 3.80. The van der Waals surface area contributed by atoms with Crippen LogP contribution in [0.5, 0.6) is 0 Å². The lowest BCUT2D eigenvalue weighted by molar-refractivity contribution is 0.669. The first-order valence-corrected chi connectivity index (χ1v) is 19.1. The van der Waals surface area contributed by atoms with E-state index in [2.05, 4.69) is 103 Å². The molecule has 2 aliphatic rings. The van der Waals surface area contributed by atoms with Crippen LogP contribution in [0.4, 0.5) is 0 Å². The third kappa shape index (κ3) is 5.27. The first kappa shape index (κ1) is 31.0. The van der Waals surface area contributed by atoms with Gasteiger partial charge in [0, 0.05) is 43.5 Å². The maximum atomic E-state index is 6.54. The second kappa shape index (κ2) is 12.5. The van der Waals surface area contributed by atoms with Gasteiger partial charge in [-0.3, -0.25) is 0 Å². The molecule has 54 heavy (non-hydrogen) atoms. The van der Waals surface area contributed by atoms with Crippen LogP contribution in [0.2, 0.25) is 0 Å². The number of hydrogen-bond donors (Lipinski definition) is 0. The topological polar surface area (TPSA) is 51.8 Å². The van der Waals surface area contributed by atoms with Crippen molar-refractivity contribution in [1.82, 2.24) is 15.0 Å². The molecular weight excluding hydrogens is 679 g/mol. The molecule has 0 saturated heterocycles. The van der Waals surface area contributed by atoms with E-state index in [1.165, 1.54) is 37.6 Å². The number of rotatable bonds is 5. The van der Waals surface area contributed by atoms with Crippen LogP contribution in [0.25, 0.3) is 90.5 Å². The summed E-state index contributed by atoms with van der Waals surface area (Å²) in [5, 5.41) is 5.10. The van der Waals surface area contributed by atoms with Gasteiger partial charge in [-0.2, -0.15) is 0 Å². The zero-order chi connectivity index (χ0) is 35.6. The molecule has 1 aliphatic carbocycles. The van der Waals surface area contributed by atoms with Gasteiger partial charge in [-0.05, 0) is 80.7 Å². The minimum Gasteiger partial charge on any atom is -0.456 e. The second-order valence-corrected chi connectivity index (χ2v) is 15.2. The van der Waals surface area contributed by atoms with Gasteiger partial charge >= 0.3 is 0 Å². The molecule has 0 spiro atoms. The van der Waals surface area contributed by atoms with E-state index < -0.39 is 0 Å². The highest BCUT2D eigenvalue weighted by atomic mass is 32.2. The number of thioether (sulfide) groups is 1. The van der Waals surface area contributed by atoms with Gasteiger partial charge in [-0.1, -0.05) is 133 Å². The van der Waals surface area contributed by atoms with Gasteiger partial charge in [-0.15, -0.1) is 11.8 Å². The average molecular weight is 710 g/mol. The highest BCUT2D eigenvalue weighted by Crippen LogP contribution is 2.53. The molecule has 0 fully saturated rings. The molecule has 5 heteroatoms. The molecule has 2 unspecified atom stereocenters. The van der Waals surface area contributed by atoms with Crippen molar-refractivity contribution < 1.29 is 4.42 Å². The van der Waals surface area contributed by atoms with E-state index in [9.17, 15) is 0 Å². The predicted molar refractivity (Wildman–Crippen MR) is 221 cm³/mol. The van der Waals surface area contributed by atoms with Gasteiger partial charge in [0.15, 0.2) is 17.5 Å². The van der Waals surface area contributed by atoms with Gasteiger partial charge in [0.05, 0.1) is 0 Å². The number of nitrogens with zero attached hydrogens (tertiary/aromatic N) is 3. The summed E-state index contributed by atoms with van der Waals surface area (Å²) in [6, 6.07) is 57.3. The summed E-state index contributed by atoms with van der Waals surface area (Å²) < 4.78 is 6.54. The van der Waals surface area contributed by atoms with Gasteiger partial charge in [0.1, 0.15) is 11.2 Å². The summed E-state index contributed by atoms with van der Waals surface area (Å²) >= 11 is 1.98. The minimum absolute atomic E-state index is 0.327. The fourth-order valence-electron chi connectivity index (χ4n) is 8.01. The molecule has 2 aromatic heterocycles. The molecule has 1 aliphatic heterocycles. The summed E-state index contributed by atoms with van der Waals surface area (Å²) in [7, 11) is 0. The lowest BCUT2D eigenvalue weighted by Crippen LogP contribution is -2.31. The van der Waals surface area contributed by atoms with Crippen LogP contribution in [0.15, 0.2) is 173 Å². The highest BCUT2D eigenvalue weighted by Gasteiger charge is 2.34. The minimum atomic E-state index is 0.327. The van der Waals surface area contributed by atoms with Crippen LogP contribution < -0.4 is 10.4 Å². The standard InChI is InChI=1S/C49H31N3OS/c1-4-12-30(13-5-1)39-26-37(29-45-46(39)41-24-33-18-10-11-19-34(33)28-44(41)54-45)35-20-22-38-40-25-36(21-23-42(40)53-43(38)27-35)49-51-47(31-14-6-2-7-15-31)50-48(52-49)32-16-8-3-9-17-32/h1-29,41,44H. The van der Waals surface area contributed by atoms with Crippen LogP contribution in [-0.2, 0) is 0 Å². The molecule has 7 aromatic carbocycles. The van der Waals surface area contributed by atoms with Gasteiger partial charge in [0.2, 0.25) is 0 Å². The van der Waals surface area contributed by atoms with Crippen LogP contribution in [-0.4, -0.2) is 20.2 Å². The van der Waals surface area contributed by atoms with Crippen LogP contribution >= 0.6 is 11.8 Å². The van der Waals surface area contributed by atoms with Crippen molar-refractivity contribution >= 4 is 45.9 Å². The Bertz CT molecular complexity index is 2970. The zero-order valence-electron chi connectivity index (χ0n) is 29.1. The Balaban J connectivity index is 1.02. The van der Waals surface area contributed by atoms with Crippen LogP contribution in [0.1, 0.15) is 11.5 Å². The van der Waals surface area contributed by atoms with Crippen LogP contribution in [0, 0.1) is 0 Å². The molecule has 0 N–H and O–H groups in total. The summed E-state index contributed by atoms with van der Waals surface area (Å²) in [4.78, 5) is 16.1. The number of fused-ring (bicyclic) bond motifs is 7. The fraction of sp³-hybridized carbons (Fsp3) is 0.0408. The summed E-state index contributed by atoms with van der Waals surface area (Å²) in [6.45, 7) is 0.